The van der Waals surface area contributed by atoms with Crippen LogP contribution in [0.1, 0.15) is 32.8 Å². The van der Waals surface area contributed by atoms with Crippen molar-refractivity contribution < 1.29 is 13.5 Å². The molecule has 102 valence electrons. The standard InChI is InChI=1S/C13H21NO3S/c1-13(2,3)7-8-14-18(16,17)12-6-4-5-11(9-12)10-15/h4-6,9,14-15H,7-8,10H2,1-3H3. The summed E-state index contributed by atoms with van der Waals surface area (Å²) in [4.78, 5) is 0.197. The van der Waals surface area contributed by atoms with E-state index in [1.54, 1.807) is 12.1 Å². The first-order valence-electron chi connectivity index (χ1n) is 5.94. The fourth-order valence-electron chi connectivity index (χ4n) is 1.45. The number of benzene rings is 1. The van der Waals surface area contributed by atoms with Crippen molar-refractivity contribution in [1.82, 2.24) is 4.72 Å². The lowest BCUT2D eigenvalue weighted by molar-refractivity contribution is 0.281. The van der Waals surface area contributed by atoms with E-state index < -0.39 is 10.0 Å². The quantitative estimate of drug-likeness (QED) is 0.859. The maximum Gasteiger partial charge on any atom is 0.240 e. The second-order valence-corrected chi connectivity index (χ2v) is 7.28. The van der Waals surface area contributed by atoms with Gasteiger partial charge in [-0.3, -0.25) is 0 Å². The largest absolute Gasteiger partial charge is 0.392 e. The molecule has 0 aliphatic heterocycles. The van der Waals surface area contributed by atoms with Gasteiger partial charge in [-0.1, -0.05) is 32.9 Å². The first-order chi connectivity index (χ1) is 8.24. The monoisotopic (exact) mass is 271 g/mol. The van der Waals surface area contributed by atoms with Crippen molar-refractivity contribution in [1.29, 1.82) is 0 Å². The molecule has 0 saturated heterocycles. The van der Waals surface area contributed by atoms with Crippen LogP contribution in [0.2, 0.25) is 0 Å². The summed E-state index contributed by atoms with van der Waals surface area (Å²) in [7, 11) is -3.48. The van der Waals surface area contributed by atoms with Crippen LogP contribution >= 0.6 is 0 Å². The number of hydrogen-bond donors (Lipinski definition) is 2. The van der Waals surface area contributed by atoms with Gasteiger partial charge in [0, 0.05) is 6.54 Å². The van der Waals surface area contributed by atoms with Crippen LogP contribution in [0.25, 0.3) is 0 Å². The van der Waals surface area contributed by atoms with Crippen LogP contribution in [0.3, 0.4) is 0 Å². The van der Waals surface area contributed by atoms with Gasteiger partial charge in [-0.2, -0.15) is 0 Å². The van der Waals surface area contributed by atoms with Gasteiger partial charge < -0.3 is 5.11 Å². The predicted octanol–water partition coefficient (Wildman–Crippen LogP) is 1.89. The second-order valence-electron chi connectivity index (χ2n) is 5.51. The molecule has 0 atom stereocenters. The first-order valence-corrected chi connectivity index (χ1v) is 7.42. The molecule has 1 rings (SSSR count). The number of aliphatic hydroxyl groups excluding tert-OH is 1. The van der Waals surface area contributed by atoms with Gasteiger partial charge in [0.15, 0.2) is 0 Å². The van der Waals surface area contributed by atoms with Gasteiger partial charge in [0.05, 0.1) is 11.5 Å². The summed E-state index contributed by atoms with van der Waals surface area (Å²) < 4.78 is 26.6. The molecule has 18 heavy (non-hydrogen) atoms. The molecule has 2 N–H and O–H groups in total. The molecule has 0 fully saturated rings. The van der Waals surface area contributed by atoms with Crippen LogP contribution in [0.4, 0.5) is 0 Å². The SMILES string of the molecule is CC(C)(C)CCNS(=O)(=O)c1cccc(CO)c1. The van der Waals surface area contributed by atoms with Gasteiger partial charge >= 0.3 is 0 Å². The van der Waals surface area contributed by atoms with E-state index in [1.807, 2.05) is 0 Å². The summed E-state index contributed by atoms with van der Waals surface area (Å²) in [6, 6.07) is 6.33. The molecule has 0 radical (unpaired) electrons. The van der Waals surface area contributed by atoms with E-state index in [0.29, 0.717) is 12.1 Å². The van der Waals surface area contributed by atoms with Crippen molar-refractivity contribution in [3.05, 3.63) is 29.8 Å². The molecule has 0 heterocycles. The molecule has 0 aromatic heterocycles. The zero-order valence-corrected chi connectivity index (χ0v) is 11.9. The van der Waals surface area contributed by atoms with Crippen LogP contribution in [-0.4, -0.2) is 20.1 Å². The van der Waals surface area contributed by atoms with Gasteiger partial charge in [0.2, 0.25) is 10.0 Å². The molecule has 0 saturated carbocycles. The summed E-state index contributed by atoms with van der Waals surface area (Å²) >= 11 is 0. The third-order valence-corrected chi connectivity index (χ3v) is 4.02. The van der Waals surface area contributed by atoms with Crippen LogP contribution in [0, 0.1) is 5.41 Å². The van der Waals surface area contributed by atoms with Gasteiger partial charge in [-0.05, 0) is 29.5 Å². The molecule has 0 aliphatic rings. The lowest BCUT2D eigenvalue weighted by Crippen LogP contribution is -2.27. The summed E-state index contributed by atoms with van der Waals surface area (Å²) in [5.41, 5.74) is 0.684. The highest BCUT2D eigenvalue weighted by Crippen LogP contribution is 2.18. The van der Waals surface area contributed by atoms with Gasteiger partial charge in [-0.25, -0.2) is 13.1 Å². The highest BCUT2D eigenvalue weighted by atomic mass is 32.2. The highest BCUT2D eigenvalue weighted by Gasteiger charge is 2.16. The number of sulfonamides is 1. The maximum absolute atomic E-state index is 12.0. The number of aliphatic hydroxyl groups is 1. The fraction of sp³-hybridized carbons (Fsp3) is 0.538. The molecule has 0 spiro atoms. The first kappa shape index (κ1) is 15.1. The third-order valence-electron chi connectivity index (χ3n) is 2.56. The Morgan fingerprint density at radius 3 is 2.50 bits per heavy atom. The summed E-state index contributed by atoms with van der Waals surface area (Å²) in [6.07, 6.45) is 0.770. The highest BCUT2D eigenvalue weighted by molar-refractivity contribution is 7.89. The summed E-state index contributed by atoms with van der Waals surface area (Å²) in [6.45, 7) is 6.44. The predicted molar refractivity (Wildman–Crippen MR) is 71.6 cm³/mol. The Kier molecular flexibility index (Phi) is 4.90. The fourth-order valence-corrected chi connectivity index (χ4v) is 2.56. The van der Waals surface area contributed by atoms with E-state index in [4.69, 9.17) is 5.11 Å². The van der Waals surface area contributed by atoms with Gasteiger partial charge in [-0.15, -0.1) is 0 Å². The number of rotatable bonds is 5. The zero-order chi connectivity index (χ0) is 13.8. The van der Waals surface area contributed by atoms with Crippen molar-refractivity contribution in [2.75, 3.05) is 6.54 Å². The van der Waals surface area contributed by atoms with E-state index in [-0.39, 0.29) is 16.9 Å². The topological polar surface area (TPSA) is 66.4 Å². The minimum atomic E-state index is -3.48. The van der Waals surface area contributed by atoms with E-state index >= 15 is 0 Å². The number of hydrogen-bond acceptors (Lipinski definition) is 3. The van der Waals surface area contributed by atoms with Crippen LogP contribution < -0.4 is 4.72 Å². The maximum atomic E-state index is 12.0. The third kappa shape index (κ3) is 4.76. The van der Waals surface area contributed by atoms with Crippen molar-refractivity contribution in [3.8, 4) is 0 Å². The Morgan fingerprint density at radius 1 is 1.28 bits per heavy atom. The van der Waals surface area contributed by atoms with Crippen molar-refractivity contribution in [2.45, 2.75) is 38.7 Å². The lowest BCUT2D eigenvalue weighted by Gasteiger charge is -2.18. The molecule has 1 aromatic rings. The van der Waals surface area contributed by atoms with Crippen LogP contribution in [0.15, 0.2) is 29.2 Å². The smallest absolute Gasteiger partial charge is 0.240 e. The number of nitrogens with one attached hydrogen (secondary N) is 1. The Labute approximate surface area is 109 Å². The Morgan fingerprint density at radius 2 is 1.94 bits per heavy atom. The van der Waals surface area contributed by atoms with E-state index in [2.05, 4.69) is 25.5 Å². The molecule has 0 unspecified atom stereocenters. The van der Waals surface area contributed by atoms with E-state index in [9.17, 15) is 8.42 Å². The van der Waals surface area contributed by atoms with Crippen molar-refractivity contribution >= 4 is 10.0 Å². The van der Waals surface area contributed by atoms with E-state index in [0.717, 1.165) is 6.42 Å². The minimum Gasteiger partial charge on any atom is -0.392 e. The Balaban J connectivity index is 2.74. The molecule has 0 bridgehead atoms. The summed E-state index contributed by atoms with van der Waals surface area (Å²) in [5.74, 6) is 0. The van der Waals surface area contributed by atoms with Crippen molar-refractivity contribution in [2.24, 2.45) is 5.41 Å². The van der Waals surface area contributed by atoms with Gasteiger partial charge in [0.1, 0.15) is 0 Å². The minimum absolute atomic E-state index is 0.0927. The van der Waals surface area contributed by atoms with E-state index in [1.165, 1.54) is 12.1 Å². The second kappa shape index (κ2) is 5.82. The molecule has 1 aromatic carbocycles. The molecule has 0 amide bonds. The van der Waals surface area contributed by atoms with Crippen LogP contribution in [-0.2, 0) is 16.6 Å². The van der Waals surface area contributed by atoms with Gasteiger partial charge in [0.25, 0.3) is 0 Å². The van der Waals surface area contributed by atoms with Crippen LogP contribution in [0.5, 0.6) is 0 Å². The molecule has 0 aliphatic carbocycles. The summed E-state index contributed by atoms with van der Waals surface area (Å²) in [5, 5.41) is 9.00. The lowest BCUT2D eigenvalue weighted by atomic mass is 9.93. The molecular weight excluding hydrogens is 250 g/mol. The zero-order valence-electron chi connectivity index (χ0n) is 11.1. The van der Waals surface area contributed by atoms with Crippen molar-refractivity contribution in [3.63, 3.8) is 0 Å². The average Bonchev–Trinajstić information content (AvgIpc) is 2.27. The Hall–Kier alpha value is -0.910. The molecular formula is C13H21NO3S. The molecule has 4 nitrogen and oxygen atoms in total. The Bertz CT molecular complexity index is 489. The molecule has 5 heteroatoms. The average molecular weight is 271 g/mol. The normalized spacial score (nSPS) is 12.7.